The van der Waals surface area contributed by atoms with Crippen LogP contribution < -0.4 is 10.6 Å². The molecule has 0 unspecified atom stereocenters. The molecule has 130 valence electrons. The van der Waals surface area contributed by atoms with Crippen molar-refractivity contribution < 1.29 is 14.4 Å². The van der Waals surface area contributed by atoms with Gasteiger partial charge in [-0.25, -0.2) is 9.59 Å². The van der Waals surface area contributed by atoms with Crippen molar-refractivity contribution in [2.45, 2.75) is 38.4 Å². The van der Waals surface area contributed by atoms with Gasteiger partial charge in [-0.15, -0.1) is 5.10 Å². The first kappa shape index (κ1) is 16.2. The Morgan fingerprint density at radius 1 is 1.38 bits per heavy atom. The summed E-state index contributed by atoms with van der Waals surface area (Å²) in [6, 6.07) is -0.585. The van der Waals surface area contributed by atoms with Crippen molar-refractivity contribution in [3.05, 3.63) is 11.9 Å². The predicted octanol–water partition coefficient (Wildman–Crippen LogP) is -0.476. The number of carbonyl (C=O) groups excluding carboxylic acids is 3. The van der Waals surface area contributed by atoms with E-state index in [9.17, 15) is 14.4 Å². The average molecular weight is 335 g/mol. The molecule has 0 saturated carbocycles. The molecule has 2 saturated heterocycles. The third-order valence-corrected chi connectivity index (χ3v) is 4.60. The van der Waals surface area contributed by atoms with Crippen LogP contribution in [0.15, 0.2) is 6.20 Å². The molecule has 1 aromatic rings. The molecule has 10 heteroatoms. The number of carbonyl (C=O) groups is 3. The van der Waals surface area contributed by atoms with E-state index in [0.717, 1.165) is 11.4 Å². The first-order valence-electron chi connectivity index (χ1n) is 7.97. The number of likely N-dealkylation sites (N-methyl/N-ethyl adjacent to an activating group) is 1. The van der Waals surface area contributed by atoms with E-state index < -0.39 is 5.54 Å². The molecule has 0 bridgehead atoms. The van der Waals surface area contributed by atoms with Gasteiger partial charge in [-0.3, -0.25) is 14.4 Å². The normalized spacial score (nSPS) is 19.8. The summed E-state index contributed by atoms with van der Waals surface area (Å²) in [7, 11) is 1.47. The number of likely N-dealkylation sites (tertiary alicyclic amines) is 1. The molecule has 5 amide bonds. The van der Waals surface area contributed by atoms with Gasteiger partial charge in [-0.1, -0.05) is 5.21 Å². The second kappa shape index (κ2) is 6.10. The van der Waals surface area contributed by atoms with Gasteiger partial charge in [0.15, 0.2) is 0 Å². The van der Waals surface area contributed by atoms with Gasteiger partial charge < -0.3 is 15.5 Å². The standard InChI is InChI=1S/C14H21N7O3/c1-3-21-9-10(17-18-21)8-15-12(23)20-6-4-14(5-7-20)11(22)19(2)13(24)16-14/h9H,3-8H2,1-2H3,(H,15,23)(H,16,24). The molecular weight excluding hydrogens is 314 g/mol. The van der Waals surface area contributed by atoms with Crippen LogP contribution in [-0.2, 0) is 17.9 Å². The molecule has 0 aliphatic carbocycles. The summed E-state index contributed by atoms with van der Waals surface area (Å²) in [5.41, 5.74) is -0.162. The fourth-order valence-electron chi connectivity index (χ4n) is 3.04. The van der Waals surface area contributed by atoms with Gasteiger partial charge in [0.1, 0.15) is 11.2 Å². The van der Waals surface area contributed by atoms with E-state index in [1.807, 2.05) is 6.92 Å². The van der Waals surface area contributed by atoms with Crippen LogP contribution >= 0.6 is 0 Å². The summed E-state index contributed by atoms with van der Waals surface area (Å²) >= 11 is 0. The number of nitrogens with zero attached hydrogens (tertiary/aromatic N) is 5. The summed E-state index contributed by atoms with van der Waals surface area (Å²) in [5, 5.41) is 13.4. The Kier molecular flexibility index (Phi) is 4.12. The third kappa shape index (κ3) is 2.79. The second-order valence-corrected chi connectivity index (χ2v) is 6.09. The Labute approximate surface area is 139 Å². The maximum Gasteiger partial charge on any atom is 0.324 e. The van der Waals surface area contributed by atoms with Crippen molar-refractivity contribution in [3.8, 4) is 0 Å². The number of aryl methyl sites for hydroxylation is 1. The van der Waals surface area contributed by atoms with Crippen molar-refractivity contribution in [2.24, 2.45) is 0 Å². The summed E-state index contributed by atoms with van der Waals surface area (Å²) in [5.74, 6) is -0.219. The van der Waals surface area contributed by atoms with Crippen LogP contribution in [-0.4, -0.2) is 68.4 Å². The van der Waals surface area contributed by atoms with Crippen LogP contribution in [0.1, 0.15) is 25.5 Å². The number of piperidine rings is 1. The molecule has 0 radical (unpaired) electrons. The van der Waals surface area contributed by atoms with Gasteiger partial charge in [0, 0.05) is 26.7 Å². The van der Waals surface area contributed by atoms with E-state index in [2.05, 4.69) is 20.9 Å². The molecule has 1 spiro atoms. The molecule has 0 atom stereocenters. The first-order chi connectivity index (χ1) is 11.4. The monoisotopic (exact) mass is 335 g/mol. The summed E-state index contributed by atoms with van der Waals surface area (Å²) in [6.45, 7) is 3.81. The van der Waals surface area contributed by atoms with Crippen LogP contribution in [0.3, 0.4) is 0 Å². The van der Waals surface area contributed by atoms with Crippen molar-refractivity contribution in [1.29, 1.82) is 0 Å². The van der Waals surface area contributed by atoms with Gasteiger partial charge in [0.25, 0.3) is 5.91 Å². The minimum Gasteiger partial charge on any atom is -0.332 e. The highest BCUT2D eigenvalue weighted by molar-refractivity contribution is 6.06. The van der Waals surface area contributed by atoms with Crippen LogP contribution in [0.2, 0.25) is 0 Å². The zero-order valence-electron chi connectivity index (χ0n) is 13.8. The Morgan fingerprint density at radius 3 is 2.62 bits per heavy atom. The molecule has 3 heterocycles. The Bertz CT molecular complexity index is 663. The lowest BCUT2D eigenvalue weighted by Gasteiger charge is -2.37. The quantitative estimate of drug-likeness (QED) is 0.725. The molecule has 0 aromatic carbocycles. The smallest absolute Gasteiger partial charge is 0.324 e. The van der Waals surface area contributed by atoms with Crippen molar-refractivity contribution in [1.82, 2.24) is 35.4 Å². The SMILES string of the molecule is CCn1cc(CNC(=O)N2CCC3(CC2)NC(=O)N(C)C3=O)nn1. The molecule has 2 aliphatic heterocycles. The Balaban J connectivity index is 1.52. The van der Waals surface area contributed by atoms with Gasteiger partial charge in [0.2, 0.25) is 0 Å². The zero-order chi connectivity index (χ0) is 17.3. The topological polar surface area (TPSA) is 112 Å². The van der Waals surface area contributed by atoms with E-state index in [1.165, 1.54) is 7.05 Å². The van der Waals surface area contributed by atoms with E-state index >= 15 is 0 Å². The number of rotatable bonds is 3. The lowest BCUT2D eigenvalue weighted by molar-refractivity contribution is -0.131. The highest BCUT2D eigenvalue weighted by atomic mass is 16.2. The molecule has 2 fully saturated rings. The van der Waals surface area contributed by atoms with Crippen LogP contribution in [0.25, 0.3) is 0 Å². The maximum absolute atomic E-state index is 12.2. The highest BCUT2D eigenvalue weighted by Gasteiger charge is 2.51. The summed E-state index contributed by atoms with van der Waals surface area (Å²) in [6.07, 6.45) is 2.62. The molecule has 24 heavy (non-hydrogen) atoms. The molecule has 2 N–H and O–H groups in total. The lowest BCUT2D eigenvalue weighted by atomic mass is 9.87. The van der Waals surface area contributed by atoms with Crippen LogP contribution in [0.4, 0.5) is 9.59 Å². The summed E-state index contributed by atoms with van der Waals surface area (Å²) in [4.78, 5) is 38.9. The number of hydrogen-bond donors (Lipinski definition) is 2. The van der Waals surface area contributed by atoms with Crippen molar-refractivity contribution in [2.75, 3.05) is 20.1 Å². The van der Waals surface area contributed by atoms with Crippen molar-refractivity contribution in [3.63, 3.8) is 0 Å². The van der Waals surface area contributed by atoms with Crippen LogP contribution in [0.5, 0.6) is 0 Å². The third-order valence-electron chi connectivity index (χ3n) is 4.60. The first-order valence-corrected chi connectivity index (χ1v) is 7.97. The number of amides is 5. The number of imide groups is 1. The Morgan fingerprint density at radius 2 is 2.08 bits per heavy atom. The average Bonchev–Trinajstić information content (AvgIpc) is 3.13. The number of nitrogens with one attached hydrogen (secondary N) is 2. The van der Waals surface area contributed by atoms with Gasteiger partial charge in [-0.2, -0.15) is 0 Å². The Hall–Kier alpha value is -2.65. The van der Waals surface area contributed by atoms with Gasteiger partial charge in [0.05, 0.1) is 12.7 Å². The number of aromatic nitrogens is 3. The fourth-order valence-corrected chi connectivity index (χ4v) is 3.04. The maximum atomic E-state index is 12.2. The summed E-state index contributed by atoms with van der Waals surface area (Å²) < 4.78 is 1.69. The van der Waals surface area contributed by atoms with Crippen LogP contribution in [0, 0.1) is 0 Å². The lowest BCUT2D eigenvalue weighted by Crippen LogP contribution is -2.57. The van der Waals surface area contributed by atoms with E-state index in [1.54, 1.807) is 15.8 Å². The van der Waals surface area contributed by atoms with Gasteiger partial charge >= 0.3 is 12.1 Å². The fraction of sp³-hybridized carbons (Fsp3) is 0.643. The molecular formula is C14H21N7O3. The molecule has 3 rings (SSSR count). The molecule has 1 aromatic heterocycles. The second-order valence-electron chi connectivity index (χ2n) is 6.09. The van der Waals surface area contributed by atoms with Gasteiger partial charge in [-0.05, 0) is 19.8 Å². The number of urea groups is 2. The zero-order valence-corrected chi connectivity index (χ0v) is 13.8. The largest absolute Gasteiger partial charge is 0.332 e. The molecule has 2 aliphatic rings. The number of hydrogen-bond acceptors (Lipinski definition) is 5. The van der Waals surface area contributed by atoms with Crippen molar-refractivity contribution >= 4 is 18.0 Å². The molecule has 10 nitrogen and oxygen atoms in total. The van der Waals surface area contributed by atoms with E-state index in [4.69, 9.17) is 0 Å². The minimum atomic E-state index is -0.855. The highest BCUT2D eigenvalue weighted by Crippen LogP contribution is 2.28. The minimum absolute atomic E-state index is 0.207. The predicted molar refractivity (Wildman–Crippen MR) is 82.8 cm³/mol. The van der Waals surface area contributed by atoms with E-state index in [-0.39, 0.29) is 18.0 Å². The van der Waals surface area contributed by atoms with E-state index in [0.29, 0.717) is 38.2 Å².